The third-order valence-electron chi connectivity index (χ3n) is 4.13. The van der Waals surface area contributed by atoms with Gasteiger partial charge in [-0.15, -0.1) is 11.3 Å². The van der Waals surface area contributed by atoms with E-state index in [2.05, 4.69) is 19.2 Å². The number of nitrogens with one attached hydrogen (secondary N) is 1. The minimum atomic E-state index is -3.23. The Kier molecular flexibility index (Phi) is 6.22. The molecule has 2 atom stereocenters. The standard InChI is InChI=1S/C16H26N2O3S2/c1-12(2)10-14(15-7-5-9-22-15)17-16(19)13-6-4-8-18(11-13)23(3,20)21/h5,7,9,12-14H,4,6,8,10-11H2,1-3H3,(H,17,19)/t13-,14-/m1/s1. The first-order valence-corrected chi connectivity index (χ1v) is 10.8. The quantitative estimate of drug-likeness (QED) is 0.850. The van der Waals surface area contributed by atoms with Crippen molar-refractivity contribution >= 4 is 27.3 Å². The fourth-order valence-electron chi connectivity index (χ4n) is 2.95. The van der Waals surface area contributed by atoms with Gasteiger partial charge in [0.1, 0.15) is 0 Å². The largest absolute Gasteiger partial charge is 0.348 e. The normalized spacial score (nSPS) is 21.3. The number of hydrogen-bond acceptors (Lipinski definition) is 4. The molecule has 1 fully saturated rings. The Labute approximate surface area is 143 Å². The zero-order chi connectivity index (χ0) is 17.0. The summed E-state index contributed by atoms with van der Waals surface area (Å²) >= 11 is 1.65. The summed E-state index contributed by atoms with van der Waals surface area (Å²) in [6.45, 7) is 5.09. The number of carbonyl (C=O) groups is 1. The molecule has 0 bridgehead atoms. The van der Waals surface area contributed by atoms with Crippen molar-refractivity contribution in [3.8, 4) is 0 Å². The van der Waals surface area contributed by atoms with E-state index in [1.54, 1.807) is 11.3 Å². The molecular weight excluding hydrogens is 332 g/mol. The Hall–Kier alpha value is -0.920. The highest BCUT2D eigenvalue weighted by Crippen LogP contribution is 2.27. The second-order valence-electron chi connectivity index (χ2n) is 6.67. The lowest BCUT2D eigenvalue weighted by Crippen LogP contribution is -2.45. The van der Waals surface area contributed by atoms with Crippen molar-refractivity contribution in [3.05, 3.63) is 22.4 Å². The van der Waals surface area contributed by atoms with E-state index in [-0.39, 0.29) is 17.9 Å². The first-order valence-electron chi connectivity index (χ1n) is 8.06. The van der Waals surface area contributed by atoms with Gasteiger partial charge in [-0.1, -0.05) is 19.9 Å². The fraction of sp³-hybridized carbons (Fsp3) is 0.688. The van der Waals surface area contributed by atoms with Crippen LogP contribution in [0, 0.1) is 11.8 Å². The predicted molar refractivity (Wildman–Crippen MR) is 93.8 cm³/mol. The maximum absolute atomic E-state index is 12.6. The van der Waals surface area contributed by atoms with Crippen LogP contribution in [-0.2, 0) is 14.8 Å². The minimum Gasteiger partial charge on any atom is -0.348 e. The summed E-state index contributed by atoms with van der Waals surface area (Å²) in [5, 5.41) is 5.16. The summed E-state index contributed by atoms with van der Waals surface area (Å²) in [6.07, 6.45) is 3.57. The molecule has 1 aliphatic heterocycles. The van der Waals surface area contributed by atoms with E-state index >= 15 is 0 Å². The van der Waals surface area contributed by atoms with Gasteiger partial charge in [-0.3, -0.25) is 4.79 Å². The number of rotatable bonds is 6. The lowest BCUT2D eigenvalue weighted by Gasteiger charge is -2.31. The Morgan fingerprint density at radius 1 is 1.48 bits per heavy atom. The van der Waals surface area contributed by atoms with E-state index in [9.17, 15) is 13.2 Å². The van der Waals surface area contributed by atoms with Crippen LogP contribution in [0.4, 0.5) is 0 Å². The van der Waals surface area contributed by atoms with E-state index in [0.29, 0.717) is 19.0 Å². The van der Waals surface area contributed by atoms with Gasteiger partial charge >= 0.3 is 0 Å². The Bertz CT molecular complexity index is 611. The van der Waals surface area contributed by atoms with Crippen LogP contribution < -0.4 is 5.32 Å². The number of carbonyl (C=O) groups excluding carboxylic acids is 1. The van der Waals surface area contributed by atoms with E-state index in [1.165, 1.54) is 10.6 Å². The smallest absolute Gasteiger partial charge is 0.224 e. The van der Waals surface area contributed by atoms with E-state index in [1.807, 2.05) is 17.5 Å². The van der Waals surface area contributed by atoms with Gasteiger partial charge in [0.2, 0.25) is 15.9 Å². The zero-order valence-electron chi connectivity index (χ0n) is 14.0. The van der Waals surface area contributed by atoms with Crippen LogP contribution >= 0.6 is 11.3 Å². The third kappa shape index (κ3) is 5.29. The minimum absolute atomic E-state index is 0.0103. The van der Waals surface area contributed by atoms with Crippen molar-refractivity contribution < 1.29 is 13.2 Å². The number of amides is 1. The van der Waals surface area contributed by atoms with Gasteiger partial charge in [0, 0.05) is 18.0 Å². The summed E-state index contributed by atoms with van der Waals surface area (Å²) in [5.74, 6) is 0.187. The predicted octanol–water partition coefficient (Wildman–Crippen LogP) is 2.62. The molecule has 2 heterocycles. The van der Waals surface area contributed by atoms with Gasteiger partial charge in [0.25, 0.3) is 0 Å². The lowest BCUT2D eigenvalue weighted by molar-refractivity contribution is -0.126. The van der Waals surface area contributed by atoms with Crippen LogP contribution in [0.5, 0.6) is 0 Å². The molecule has 1 aromatic heterocycles. The topological polar surface area (TPSA) is 66.5 Å². The van der Waals surface area contributed by atoms with E-state index in [4.69, 9.17) is 0 Å². The second kappa shape index (κ2) is 7.77. The summed E-state index contributed by atoms with van der Waals surface area (Å²) in [5.41, 5.74) is 0. The third-order valence-corrected chi connectivity index (χ3v) is 6.39. The Morgan fingerprint density at radius 2 is 2.22 bits per heavy atom. The summed E-state index contributed by atoms with van der Waals surface area (Å²) in [7, 11) is -3.23. The molecule has 1 aliphatic rings. The molecule has 1 saturated heterocycles. The summed E-state index contributed by atoms with van der Waals surface area (Å²) in [6, 6.07) is 4.05. The van der Waals surface area contributed by atoms with Gasteiger partial charge in [-0.25, -0.2) is 12.7 Å². The maximum Gasteiger partial charge on any atom is 0.224 e. The van der Waals surface area contributed by atoms with Crippen molar-refractivity contribution in [2.45, 2.75) is 39.2 Å². The van der Waals surface area contributed by atoms with Gasteiger partial charge in [0.15, 0.2) is 0 Å². The molecule has 1 amide bonds. The van der Waals surface area contributed by atoms with Gasteiger partial charge in [0.05, 0.1) is 18.2 Å². The molecule has 1 N–H and O–H groups in total. The highest BCUT2D eigenvalue weighted by atomic mass is 32.2. The molecule has 0 saturated carbocycles. The molecule has 0 radical (unpaired) electrons. The van der Waals surface area contributed by atoms with Crippen molar-refractivity contribution in [1.29, 1.82) is 0 Å². The molecular formula is C16H26N2O3S2. The zero-order valence-corrected chi connectivity index (χ0v) is 15.6. The number of hydrogen-bond donors (Lipinski definition) is 1. The van der Waals surface area contributed by atoms with Crippen LogP contribution in [0.2, 0.25) is 0 Å². The van der Waals surface area contributed by atoms with Crippen LogP contribution in [0.15, 0.2) is 17.5 Å². The molecule has 2 rings (SSSR count). The lowest BCUT2D eigenvalue weighted by atomic mass is 9.97. The molecule has 1 aromatic rings. The summed E-state index contributed by atoms with van der Waals surface area (Å²) in [4.78, 5) is 13.8. The summed E-state index contributed by atoms with van der Waals surface area (Å²) < 4.78 is 24.8. The van der Waals surface area contributed by atoms with Crippen LogP contribution in [-0.4, -0.2) is 38.0 Å². The SMILES string of the molecule is CC(C)C[C@@H](NC(=O)[C@@H]1CCCN(S(C)(=O)=O)C1)c1cccs1. The monoisotopic (exact) mass is 358 g/mol. The second-order valence-corrected chi connectivity index (χ2v) is 9.63. The van der Waals surface area contributed by atoms with Crippen LogP contribution in [0.1, 0.15) is 44.0 Å². The number of sulfonamides is 1. The van der Waals surface area contributed by atoms with Crippen LogP contribution in [0.3, 0.4) is 0 Å². The van der Waals surface area contributed by atoms with E-state index in [0.717, 1.165) is 24.1 Å². The molecule has 0 unspecified atom stereocenters. The number of nitrogens with zero attached hydrogens (tertiary/aromatic N) is 1. The van der Waals surface area contributed by atoms with Gasteiger partial charge in [-0.2, -0.15) is 0 Å². The molecule has 0 spiro atoms. The first-order chi connectivity index (χ1) is 10.8. The highest BCUT2D eigenvalue weighted by Gasteiger charge is 2.31. The van der Waals surface area contributed by atoms with Crippen molar-refractivity contribution in [2.24, 2.45) is 11.8 Å². The van der Waals surface area contributed by atoms with E-state index < -0.39 is 10.0 Å². The first kappa shape index (κ1) is 18.4. The maximum atomic E-state index is 12.6. The van der Waals surface area contributed by atoms with Crippen molar-refractivity contribution in [1.82, 2.24) is 9.62 Å². The number of piperidine rings is 1. The fourth-order valence-corrected chi connectivity index (χ4v) is 4.66. The van der Waals surface area contributed by atoms with Crippen molar-refractivity contribution in [2.75, 3.05) is 19.3 Å². The van der Waals surface area contributed by atoms with Gasteiger partial charge in [-0.05, 0) is 36.6 Å². The molecule has 0 aromatic carbocycles. The molecule has 7 heteroatoms. The molecule has 130 valence electrons. The van der Waals surface area contributed by atoms with Gasteiger partial charge < -0.3 is 5.32 Å². The average molecular weight is 359 g/mol. The van der Waals surface area contributed by atoms with Crippen LogP contribution in [0.25, 0.3) is 0 Å². The van der Waals surface area contributed by atoms with Crippen molar-refractivity contribution in [3.63, 3.8) is 0 Å². The molecule has 0 aliphatic carbocycles. The average Bonchev–Trinajstić information content (AvgIpc) is 2.99. The molecule has 5 nitrogen and oxygen atoms in total. The number of thiophene rings is 1. The molecule has 23 heavy (non-hydrogen) atoms. The Morgan fingerprint density at radius 3 is 2.78 bits per heavy atom. The highest BCUT2D eigenvalue weighted by molar-refractivity contribution is 7.88. The Balaban J connectivity index is 2.03.